The SMILES string of the molecule is NC(CCc1cccc(Cl)c1)CC(=O)N(CCNCCc1ccc(O)c2[nH]c(=O)sc12)C1CCCCC1. The number of nitrogens with zero attached hydrogens (tertiary/aromatic N) is 1. The summed E-state index contributed by atoms with van der Waals surface area (Å²) in [5.41, 5.74) is 9.06. The normalized spacial score (nSPS) is 15.2. The number of carbonyl (C=O) groups is 1. The fraction of sp³-hybridized carbons (Fsp3) is 0.500. The lowest BCUT2D eigenvalue weighted by atomic mass is 9.93. The van der Waals surface area contributed by atoms with Crippen LogP contribution in [0.3, 0.4) is 0 Å². The number of H-pyrrole nitrogens is 1. The number of aromatic amines is 1. The van der Waals surface area contributed by atoms with Crippen molar-refractivity contribution in [3.8, 4) is 5.75 Å². The average Bonchev–Trinajstić information content (AvgIpc) is 3.29. The quantitative estimate of drug-likeness (QED) is 0.249. The van der Waals surface area contributed by atoms with E-state index in [2.05, 4.69) is 15.2 Å². The summed E-state index contributed by atoms with van der Waals surface area (Å²) < 4.78 is 0.803. The topological polar surface area (TPSA) is 111 Å². The number of nitrogens with two attached hydrogens (primary N) is 1. The lowest BCUT2D eigenvalue weighted by Crippen LogP contribution is -2.46. The smallest absolute Gasteiger partial charge is 0.305 e. The molecule has 0 spiro atoms. The minimum absolute atomic E-state index is 0.0949. The molecule has 4 rings (SSSR count). The zero-order valence-electron chi connectivity index (χ0n) is 21.2. The maximum atomic E-state index is 13.3. The number of phenolic OH excluding ortho intramolecular Hbond substituents is 1. The Morgan fingerprint density at radius 2 is 2.00 bits per heavy atom. The van der Waals surface area contributed by atoms with Crippen LogP contribution < -0.4 is 15.9 Å². The summed E-state index contributed by atoms with van der Waals surface area (Å²) >= 11 is 7.21. The van der Waals surface area contributed by atoms with Crippen molar-refractivity contribution >= 4 is 39.1 Å². The minimum atomic E-state index is -0.184. The van der Waals surface area contributed by atoms with E-state index in [9.17, 15) is 14.7 Å². The van der Waals surface area contributed by atoms with Crippen molar-refractivity contribution in [2.24, 2.45) is 5.73 Å². The second-order valence-corrected chi connectivity index (χ2v) is 11.4. The lowest BCUT2D eigenvalue weighted by molar-refractivity contribution is -0.134. The van der Waals surface area contributed by atoms with Gasteiger partial charge >= 0.3 is 4.87 Å². The molecule has 1 heterocycles. The summed E-state index contributed by atoms with van der Waals surface area (Å²) in [6, 6.07) is 11.4. The molecule has 1 saturated carbocycles. The molecule has 1 amide bonds. The van der Waals surface area contributed by atoms with Gasteiger partial charge in [-0.3, -0.25) is 9.59 Å². The number of rotatable bonds is 12. The van der Waals surface area contributed by atoms with E-state index in [1.165, 1.54) is 19.3 Å². The number of amides is 1. The molecule has 1 atom stereocenters. The van der Waals surface area contributed by atoms with Gasteiger partial charge in [0.25, 0.3) is 0 Å². The van der Waals surface area contributed by atoms with Crippen LogP contribution in [0.5, 0.6) is 5.75 Å². The molecule has 0 saturated heterocycles. The Balaban J connectivity index is 1.28. The number of hydrogen-bond acceptors (Lipinski definition) is 6. The molecule has 37 heavy (non-hydrogen) atoms. The molecule has 7 nitrogen and oxygen atoms in total. The molecular formula is C28H37ClN4O3S. The van der Waals surface area contributed by atoms with Crippen LogP contribution in [0.4, 0.5) is 0 Å². The standard InChI is InChI=1S/C28H37ClN4O3S/c29-21-6-4-5-19(17-21)9-11-22(30)18-25(35)33(23-7-2-1-3-8-23)16-15-31-14-13-20-10-12-24(34)26-27(20)37-28(36)32-26/h4-6,10,12,17,22-23,31,34H,1-3,7-9,11,13-16,18,30H2,(H,32,36). The summed E-state index contributed by atoms with van der Waals surface area (Å²) in [7, 11) is 0. The van der Waals surface area contributed by atoms with Gasteiger partial charge in [-0.05, 0) is 68.0 Å². The maximum Gasteiger partial charge on any atom is 0.305 e. The van der Waals surface area contributed by atoms with Crippen LogP contribution in [0.1, 0.15) is 56.1 Å². The third-order valence-corrected chi connectivity index (χ3v) is 8.40. The van der Waals surface area contributed by atoms with E-state index in [1.807, 2.05) is 30.3 Å². The molecular weight excluding hydrogens is 508 g/mol. The average molecular weight is 545 g/mol. The van der Waals surface area contributed by atoms with E-state index in [-0.39, 0.29) is 28.6 Å². The maximum absolute atomic E-state index is 13.3. The van der Waals surface area contributed by atoms with Crippen molar-refractivity contribution in [1.29, 1.82) is 0 Å². The third kappa shape index (κ3) is 7.80. The largest absolute Gasteiger partial charge is 0.506 e. The number of thiazole rings is 1. The predicted octanol–water partition coefficient (Wildman–Crippen LogP) is 4.59. The highest BCUT2D eigenvalue weighted by Crippen LogP contribution is 2.28. The van der Waals surface area contributed by atoms with Gasteiger partial charge < -0.3 is 26.0 Å². The molecule has 1 aliphatic rings. The van der Waals surface area contributed by atoms with E-state index in [1.54, 1.807) is 6.07 Å². The fourth-order valence-electron chi connectivity index (χ4n) is 5.21. The number of aryl methyl sites for hydroxylation is 1. The van der Waals surface area contributed by atoms with E-state index < -0.39 is 0 Å². The molecule has 1 fully saturated rings. The third-order valence-electron chi connectivity index (χ3n) is 7.21. The van der Waals surface area contributed by atoms with Gasteiger partial charge in [0.2, 0.25) is 5.91 Å². The zero-order chi connectivity index (χ0) is 26.2. The van der Waals surface area contributed by atoms with Gasteiger partial charge in [-0.15, -0.1) is 0 Å². The van der Waals surface area contributed by atoms with E-state index in [0.29, 0.717) is 25.0 Å². The minimum Gasteiger partial charge on any atom is -0.506 e. The monoisotopic (exact) mass is 544 g/mol. The summed E-state index contributed by atoms with van der Waals surface area (Å²) in [5.74, 6) is 0.238. The van der Waals surface area contributed by atoms with Crippen LogP contribution in [-0.2, 0) is 17.6 Å². The van der Waals surface area contributed by atoms with Crippen molar-refractivity contribution in [1.82, 2.24) is 15.2 Å². The molecule has 0 radical (unpaired) electrons. The molecule has 9 heteroatoms. The number of nitrogens with one attached hydrogen (secondary N) is 2. The number of halogens is 1. The van der Waals surface area contributed by atoms with Crippen molar-refractivity contribution in [3.05, 3.63) is 62.2 Å². The van der Waals surface area contributed by atoms with E-state index in [0.717, 1.165) is 70.8 Å². The molecule has 2 aromatic carbocycles. The first-order valence-corrected chi connectivity index (χ1v) is 14.4. The van der Waals surface area contributed by atoms with Crippen molar-refractivity contribution in [2.75, 3.05) is 19.6 Å². The first-order valence-electron chi connectivity index (χ1n) is 13.2. The Bertz CT molecular complexity index is 1240. The Kier molecular flexibility index (Phi) is 10.0. The Labute approximate surface area is 227 Å². The summed E-state index contributed by atoms with van der Waals surface area (Å²) in [4.78, 5) is 29.7. The Morgan fingerprint density at radius 1 is 1.19 bits per heavy atom. The second-order valence-electron chi connectivity index (χ2n) is 9.97. The van der Waals surface area contributed by atoms with Gasteiger partial charge in [-0.2, -0.15) is 0 Å². The Morgan fingerprint density at radius 3 is 2.78 bits per heavy atom. The number of benzene rings is 2. The van der Waals surface area contributed by atoms with E-state index >= 15 is 0 Å². The second kappa shape index (κ2) is 13.4. The number of hydrogen-bond donors (Lipinski definition) is 4. The molecule has 0 aliphatic heterocycles. The van der Waals surface area contributed by atoms with Gasteiger partial charge in [0.05, 0.1) is 4.70 Å². The predicted molar refractivity (Wildman–Crippen MR) is 152 cm³/mol. The van der Waals surface area contributed by atoms with Gasteiger partial charge in [0, 0.05) is 36.6 Å². The van der Waals surface area contributed by atoms with Gasteiger partial charge in [0.15, 0.2) is 0 Å². The highest BCUT2D eigenvalue weighted by Gasteiger charge is 2.26. The van der Waals surface area contributed by atoms with Crippen LogP contribution >= 0.6 is 22.9 Å². The molecule has 1 aromatic heterocycles. The fourth-order valence-corrected chi connectivity index (χ4v) is 6.32. The van der Waals surface area contributed by atoms with Crippen LogP contribution in [-0.4, -0.2) is 52.6 Å². The molecule has 200 valence electrons. The molecule has 0 bridgehead atoms. The summed E-state index contributed by atoms with van der Waals surface area (Å²) in [5, 5.41) is 14.2. The van der Waals surface area contributed by atoms with Crippen LogP contribution in [0.2, 0.25) is 5.02 Å². The molecule has 5 N–H and O–H groups in total. The van der Waals surface area contributed by atoms with Gasteiger partial charge in [-0.1, -0.05) is 60.4 Å². The number of aromatic hydroxyl groups is 1. The van der Waals surface area contributed by atoms with Crippen molar-refractivity contribution in [2.45, 2.75) is 69.9 Å². The number of aromatic nitrogens is 1. The first kappa shape index (κ1) is 27.6. The summed E-state index contributed by atoms with van der Waals surface area (Å²) in [6.45, 7) is 2.08. The van der Waals surface area contributed by atoms with Gasteiger partial charge in [-0.25, -0.2) is 0 Å². The zero-order valence-corrected chi connectivity index (χ0v) is 22.8. The highest BCUT2D eigenvalue weighted by atomic mass is 35.5. The molecule has 1 aliphatic carbocycles. The summed E-state index contributed by atoms with van der Waals surface area (Å²) in [6.07, 6.45) is 8.32. The highest BCUT2D eigenvalue weighted by molar-refractivity contribution is 7.16. The number of fused-ring (bicyclic) bond motifs is 1. The molecule has 1 unspecified atom stereocenters. The first-order chi connectivity index (χ1) is 17.9. The van der Waals surface area contributed by atoms with Crippen LogP contribution in [0.25, 0.3) is 10.2 Å². The number of carbonyl (C=O) groups excluding carboxylic acids is 1. The van der Waals surface area contributed by atoms with Crippen molar-refractivity contribution in [3.63, 3.8) is 0 Å². The van der Waals surface area contributed by atoms with Crippen molar-refractivity contribution < 1.29 is 9.90 Å². The Hall–Kier alpha value is -2.39. The van der Waals surface area contributed by atoms with E-state index in [4.69, 9.17) is 17.3 Å². The molecule has 3 aromatic rings. The van der Waals surface area contributed by atoms with Gasteiger partial charge in [0.1, 0.15) is 11.3 Å². The lowest BCUT2D eigenvalue weighted by Gasteiger charge is -2.35. The van der Waals surface area contributed by atoms with Crippen LogP contribution in [0.15, 0.2) is 41.2 Å². The number of phenols is 1. The van der Waals surface area contributed by atoms with Crippen LogP contribution in [0, 0.1) is 0 Å².